The topological polar surface area (TPSA) is 95.5 Å². The quantitative estimate of drug-likeness (QED) is 0.677. The van der Waals surface area contributed by atoms with E-state index in [1.54, 1.807) is 32.0 Å². The Morgan fingerprint density at radius 2 is 1.64 bits per heavy atom. The van der Waals surface area contributed by atoms with Crippen LogP contribution in [0.3, 0.4) is 0 Å². The highest BCUT2D eigenvalue weighted by molar-refractivity contribution is 6.01. The van der Waals surface area contributed by atoms with Gasteiger partial charge < -0.3 is 15.7 Å². The van der Waals surface area contributed by atoms with Gasteiger partial charge in [0.25, 0.3) is 5.91 Å². The van der Waals surface area contributed by atoms with Gasteiger partial charge in [-0.05, 0) is 35.7 Å². The van der Waals surface area contributed by atoms with Gasteiger partial charge in [-0.2, -0.15) is 0 Å². The van der Waals surface area contributed by atoms with Crippen LogP contribution in [0.25, 0.3) is 0 Å². The van der Waals surface area contributed by atoms with Crippen LogP contribution < -0.4 is 10.6 Å². The van der Waals surface area contributed by atoms with Gasteiger partial charge in [0.05, 0.1) is 6.42 Å². The molecule has 3 N–H and O–H groups in total. The molecule has 0 aliphatic rings. The summed E-state index contributed by atoms with van der Waals surface area (Å²) in [5, 5.41) is 13.8. The molecule has 0 saturated heterocycles. The maximum Gasteiger partial charge on any atom is 0.307 e. The minimum Gasteiger partial charge on any atom is -0.481 e. The molecule has 2 aromatic carbocycles. The number of amides is 2. The van der Waals surface area contributed by atoms with E-state index >= 15 is 0 Å². The Bertz CT molecular complexity index is 879. The Labute approximate surface area is 160 Å². The number of benzene rings is 2. The largest absolute Gasteiger partial charge is 0.481 e. The predicted octanol–water partition coefficient (Wildman–Crippen LogP) is 2.99. The van der Waals surface area contributed by atoms with Crippen LogP contribution in [0, 0.1) is 17.6 Å². The lowest BCUT2D eigenvalue weighted by Gasteiger charge is -2.22. The van der Waals surface area contributed by atoms with Crippen LogP contribution in [0.1, 0.15) is 29.8 Å². The van der Waals surface area contributed by atoms with Crippen LogP contribution >= 0.6 is 0 Å². The van der Waals surface area contributed by atoms with Crippen LogP contribution in [0.2, 0.25) is 0 Å². The molecule has 2 amide bonds. The van der Waals surface area contributed by atoms with E-state index in [0.717, 1.165) is 18.2 Å². The molecular weight excluding hydrogens is 370 g/mol. The molecule has 0 spiro atoms. The van der Waals surface area contributed by atoms with Crippen LogP contribution in [-0.2, 0) is 16.0 Å². The number of aliphatic carboxylic acids is 1. The van der Waals surface area contributed by atoms with Crippen LogP contribution in [-0.4, -0.2) is 28.9 Å². The van der Waals surface area contributed by atoms with Gasteiger partial charge in [0.15, 0.2) is 0 Å². The van der Waals surface area contributed by atoms with Gasteiger partial charge in [0.2, 0.25) is 5.91 Å². The molecule has 2 rings (SSSR count). The second-order valence-corrected chi connectivity index (χ2v) is 6.55. The van der Waals surface area contributed by atoms with E-state index in [4.69, 9.17) is 5.11 Å². The zero-order valence-electron chi connectivity index (χ0n) is 15.3. The smallest absolute Gasteiger partial charge is 0.307 e. The fourth-order valence-corrected chi connectivity index (χ4v) is 2.62. The van der Waals surface area contributed by atoms with Crippen molar-refractivity contribution in [2.45, 2.75) is 26.3 Å². The molecular formula is C20H20F2N2O4. The van der Waals surface area contributed by atoms with Crippen molar-refractivity contribution in [3.8, 4) is 0 Å². The van der Waals surface area contributed by atoms with Crippen LogP contribution in [0.5, 0.6) is 0 Å². The summed E-state index contributed by atoms with van der Waals surface area (Å²) in [5.74, 6) is -5.07. The first-order valence-electron chi connectivity index (χ1n) is 8.55. The monoisotopic (exact) mass is 390 g/mol. The maximum atomic E-state index is 13.8. The minimum atomic E-state index is -1.06. The fourth-order valence-electron chi connectivity index (χ4n) is 2.62. The molecule has 0 aromatic heterocycles. The Morgan fingerprint density at radius 1 is 1.04 bits per heavy atom. The third-order valence-electron chi connectivity index (χ3n) is 3.98. The van der Waals surface area contributed by atoms with Crippen LogP contribution in [0.4, 0.5) is 14.5 Å². The molecule has 0 heterocycles. The number of carboxylic acids is 1. The van der Waals surface area contributed by atoms with E-state index < -0.39 is 41.0 Å². The SMILES string of the molecule is CC(C)C(NC(=O)c1c(F)cccc1F)C(=O)Nc1cccc(CC(=O)O)c1. The lowest BCUT2D eigenvalue weighted by Crippen LogP contribution is -2.47. The summed E-state index contributed by atoms with van der Waals surface area (Å²) in [5.41, 5.74) is 0.0778. The van der Waals surface area contributed by atoms with Crippen molar-refractivity contribution in [2.24, 2.45) is 5.92 Å². The maximum absolute atomic E-state index is 13.8. The molecule has 2 aromatic rings. The number of carboxylic acid groups (broad SMARTS) is 1. The summed E-state index contributed by atoms with van der Waals surface area (Å²) < 4.78 is 27.6. The second-order valence-electron chi connectivity index (χ2n) is 6.55. The molecule has 6 nitrogen and oxygen atoms in total. The van der Waals surface area contributed by atoms with Crippen LogP contribution in [0.15, 0.2) is 42.5 Å². The van der Waals surface area contributed by atoms with Crippen molar-refractivity contribution in [1.82, 2.24) is 5.32 Å². The molecule has 1 atom stereocenters. The van der Waals surface area contributed by atoms with Gasteiger partial charge in [-0.1, -0.05) is 32.0 Å². The van der Waals surface area contributed by atoms with Gasteiger partial charge in [-0.3, -0.25) is 14.4 Å². The van der Waals surface area contributed by atoms with E-state index in [9.17, 15) is 23.2 Å². The van der Waals surface area contributed by atoms with Gasteiger partial charge in [-0.15, -0.1) is 0 Å². The number of nitrogens with one attached hydrogen (secondary N) is 2. The van der Waals surface area contributed by atoms with Gasteiger partial charge in [0, 0.05) is 5.69 Å². The van der Waals surface area contributed by atoms with Gasteiger partial charge in [-0.25, -0.2) is 8.78 Å². The average Bonchev–Trinajstić information content (AvgIpc) is 2.58. The molecule has 0 aliphatic carbocycles. The highest BCUT2D eigenvalue weighted by Crippen LogP contribution is 2.15. The molecule has 0 aliphatic heterocycles. The van der Waals surface area contributed by atoms with E-state index in [0.29, 0.717) is 11.3 Å². The van der Waals surface area contributed by atoms with Crippen molar-refractivity contribution in [3.63, 3.8) is 0 Å². The molecule has 1 unspecified atom stereocenters. The lowest BCUT2D eigenvalue weighted by molar-refractivity contribution is -0.136. The standard InChI is InChI=1S/C20H20F2N2O4/c1-11(2)18(24-19(27)17-14(21)7-4-8-15(17)22)20(28)23-13-6-3-5-12(9-13)10-16(25)26/h3-9,11,18H,10H2,1-2H3,(H,23,28)(H,24,27)(H,25,26). The number of carbonyl (C=O) groups excluding carboxylic acids is 2. The number of anilines is 1. The summed E-state index contributed by atoms with van der Waals surface area (Å²) in [7, 11) is 0. The highest BCUT2D eigenvalue weighted by Gasteiger charge is 2.27. The van der Waals surface area contributed by atoms with Gasteiger partial charge >= 0.3 is 5.97 Å². The van der Waals surface area contributed by atoms with Crippen molar-refractivity contribution in [3.05, 3.63) is 65.2 Å². The van der Waals surface area contributed by atoms with Crippen molar-refractivity contribution in [2.75, 3.05) is 5.32 Å². The molecule has 8 heteroatoms. The number of hydrogen-bond donors (Lipinski definition) is 3. The molecule has 0 fully saturated rings. The summed E-state index contributed by atoms with van der Waals surface area (Å²) >= 11 is 0. The fraction of sp³-hybridized carbons (Fsp3) is 0.250. The molecule has 28 heavy (non-hydrogen) atoms. The molecule has 148 valence electrons. The molecule has 0 bridgehead atoms. The number of halogens is 2. The van der Waals surface area contributed by atoms with E-state index in [1.807, 2.05) is 0 Å². The third kappa shape index (κ3) is 5.35. The number of rotatable bonds is 7. The first-order valence-corrected chi connectivity index (χ1v) is 8.55. The van der Waals surface area contributed by atoms with Crippen molar-refractivity contribution >= 4 is 23.5 Å². The first-order chi connectivity index (χ1) is 13.2. The lowest BCUT2D eigenvalue weighted by atomic mass is 10.0. The summed E-state index contributed by atoms with van der Waals surface area (Å²) in [4.78, 5) is 35.7. The normalized spacial score (nSPS) is 11.8. The first kappa shape index (κ1) is 21.0. The Morgan fingerprint density at radius 3 is 2.21 bits per heavy atom. The van der Waals surface area contributed by atoms with Crippen molar-refractivity contribution in [1.29, 1.82) is 0 Å². The van der Waals surface area contributed by atoms with Gasteiger partial charge in [0.1, 0.15) is 23.2 Å². The summed E-state index contributed by atoms with van der Waals surface area (Å²) in [6.07, 6.45) is -0.208. The van der Waals surface area contributed by atoms with E-state index in [2.05, 4.69) is 10.6 Å². The second kappa shape index (κ2) is 9.07. The van der Waals surface area contributed by atoms with Crippen molar-refractivity contribution < 1.29 is 28.3 Å². The zero-order chi connectivity index (χ0) is 20.8. The molecule has 0 radical (unpaired) electrons. The summed E-state index contributed by atoms with van der Waals surface area (Å²) in [6, 6.07) is 8.25. The third-order valence-corrected chi connectivity index (χ3v) is 3.98. The minimum absolute atomic E-state index is 0.208. The van der Waals surface area contributed by atoms with E-state index in [1.165, 1.54) is 6.07 Å². The number of carbonyl (C=O) groups is 3. The molecule has 0 saturated carbocycles. The predicted molar refractivity (Wildman–Crippen MR) is 98.9 cm³/mol. The average molecular weight is 390 g/mol. The van der Waals surface area contributed by atoms with E-state index in [-0.39, 0.29) is 12.3 Å². The Balaban J connectivity index is 2.16. The zero-order valence-corrected chi connectivity index (χ0v) is 15.3. The highest BCUT2D eigenvalue weighted by atomic mass is 19.1. The number of hydrogen-bond acceptors (Lipinski definition) is 3. The Kier molecular flexibility index (Phi) is 6.81. The summed E-state index contributed by atoms with van der Waals surface area (Å²) in [6.45, 7) is 3.34. The Hall–Kier alpha value is -3.29.